The molecule has 0 atom stereocenters. The molecule has 104 valence electrons. The van der Waals surface area contributed by atoms with E-state index in [1.165, 1.54) is 0 Å². The maximum Gasteiger partial charge on any atom is 0.171 e. The normalized spacial score (nSPS) is 16.2. The number of hydrogen-bond acceptors (Lipinski definition) is 4. The van der Waals surface area contributed by atoms with E-state index >= 15 is 0 Å². The minimum absolute atomic E-state index is 0.0620. The number of piperidine rings is 1. The zero-order valence-corrected chi connectivity index (χ0v) is 11.2. The van der Waals surface area contributed by atoms with Gasteiger partial charge >= 0.3 is 0 Å². The SMILES string of the molecule is Nc1c(C(=O)C2CCNCC2)cnn1-c1ccccc1. The fourth-order valence-electron chi connectivity index (χ4n) is 2.63. The minimum Gasteiger partial charge on any atom is -0.383 e. The second-order valence-corrected chi connectivity index (χ2v) is 5.08. The fourth-order valence-corrected chi connectivity index (χ4v) is 2.63. The summed E-state index contributed by atoms with van der Waals surface area (Å²) >= 11 is 0. The van der Waals surface area contributed by atoms with Gasteiger partial charge in [0.05, 0.1) is 17.4 Å². The standard InChI is InChI=1S/C15H18N4O/c16-15-13(14(20)11-6-8-17-9-7-11)10-18-19(15)12-4-2-1-3-5-12/h1-5,10-11,17H,6-9,16H2. The van der Waals surface area contributed by atoms with E-state index < -0.39 is 0 Å². The summed E-state index contributed by atoms with van der Waals surface area (Å²) in [4.78, 5) is 12.5. The van der Waals surface area contributed by atoms with E-state index in [2.05, 4.69) is 10.4 Å². The molecule has 5 heteroatoms. The smallest absolute Gasteiger partial charge is 0.171 e. The molecule has 3 rings (SSSR count). The molecular weight excluding hydrogens is 252 g/mol. The van der Waals surface area contributed by atoms with Gasteiger partial charge < -0.3 is 11.1 Å². The Morgan fingerprint density at radius 1 is 1.25 bits per heavy atom. The van der Waals surface area contributed by atoms with Crippen molar-refractivity contribution in [3.8, 4) is 5.69 Å². The second kappa shape index (κ2) is 5.46. The van der Waals surface area contributed by atoms with E-state index in [0.29, 0.717) is 11.4 Å². The maximum atomic E-state index is 12.5. The summed E-state index contributed by atoms with van der Waals surface area (Å²) in [6.45, 7) is 1.78. The van der Waals surface area contributed by atoms with Crippen molar-refractivity contribution < 1.29 is 4.79 Å². The molecule has 0 radical (unpaired) electrons. The van der Waals surface area contributed by atoms with Crippen molar-refractivity contribution in [1.29, 1.82) is 0 Å². The molecule has 2 aromatic rings. The Labute approximate surface area is 117 Å². The first-order chi connectivity index (χ1) is 9.77. The zero-order chi connectivity index (χ0) is 13.9. The van der Waals surface area contributed by atoms with E-state index in [4.69, 9.17) is 5.73 Å². The van der Waals surface area contributed by atoms with Gasteiger partial charge in [-0.05, 0) is 38.1 Å². The number of hydrogen-bond donors (Lipinski definition) is 2. The number of nitrogens with two attached hydrogens (primary N) is 1. The molecule has 3 N–H and O–H groups in total. The van der Waals surface area contributed by atoms with Crippen LogP contribution in [0.25, 0.3) is 5.69 Å². The summed E-state index contributed by atoms with van der Waals surface area (Å²) in [5.41, 5.74) is 7.52. The first-order valence-electron chi connectivity index (χ1n) is 6.91. The molecule has 0 unspecified atom stereocenters. The highest BCUT2D eigenvalue weighted by Gasteiger charge is 2.25. The van der Waals surface area contributed by atoms with Crippen LogP contribution in [0, 0.1) is 5.92 Å². The molecular formula is C15H18N4O. The van der Waals surface area contributed by atoms with Gasteiger partial charge in [-0.2, -0.15) is 5.10 Å². The number of nitrogens with zero attached hydrogens (tertiary/aromatic N) is 2. The molecule has 1 aromatic carbocycles. The number of carbonyl (C=O) groups is 1. The molecule has 0 bridgehead atoms. The highest BCUT2D eigenvalue weighted by Crippen LogP contribution is 2.23. The Kier molecular flexibility index (Phi) is 3.52. The number of aromatic nitrogens is 2. The second-order valence-electron chi connectivity index (χ2n) is 5.08. The van der Waals surface area contributed by atoms with Crippen molar-refractivity contribution in [3.05, 3.63) is 42.1 Å². The number of nitrogens with one attached hydrogen (secondary N) is 1. The van der Waals surface area contributed by atoms with Gasteiger partial charge in [0.15, 0.2) is 5.78 Å². The summed E-state index contributed by atoms with van der Waals surface area (Å²) in [5, 5.41) is 7.52. The first kappa shape index (κ1) is 12.9. The molecule has 0 amide bonds. The van der Waals surface area contributed by atoms with Gasteiger partial charge in [-0.1, -0.05) is 18.2 Å². The Morgan fingerprint density at radius 2 is 1.95 bits per heavy atom. The fraction of sp³-hybridized carbons (Fsp3) is 0.333. The Bertz CT molecular complexity index is 600. The molecule has 1 saturated heterocycles. The molecule has 1 aliphatic heterocycles. The highest BCUT2D eigenvalue weighted by molar-refractivity contribution is 6.01. The molecule has 0 spiro atoms. The van der Waals surface area contributed by atoms with E-state index in [-0.39, 0.29) is 11.7 Å². The quantitative estimate of drug-likeness (QED) is 0.832. The molecule has 0 saturated carbocycles. The number of anilines is 1. The number of benzene rings is 1. The van der Waals surface area contributed by atoms with Crippen LogP contribution in [0.15, 0.2) is 36.5 Å². The number of para-hydroxylation sites is 1. The van der Waals surface area contributed by atoms with E-state index in [0.717, 1.165) is 31.6 Å². The lowest BCUT2D eigenvalue weighted by atomic mass is 9.90. The number of rotatable bonds is 3. The van der Waals surface area contributed by atoms with Crippen LogP contribution in [0.5, 0.6) is 0 Å². The third-order valence-electron chi connectivity index (χ3n) is 3.78. The van der Waals surface area contributed by atoms with Gasteiger partial charge in [0, 0.05) is 5.92 Å². The van der Waals surface area contributed by atoms with Crippen LogP contribution in [0.4, 0.5) is 5.82 Å². The van der Waals surface area contributed by atoms with Gasteiger partial charge in [0.1, 0.15) is 5.82 Å². The predicted molar refractivity (Wildman–Crippen MR) is 77.9 cm³/mol. The van der Waals surface area contributed by atoms with Crippen LogP contribution in [0.3, 0.4) is 0 Å². The van der Waals surface area contributed by atoms with Crippen LogP contribution in [-0.4, -0.2) is 28.7 Å². The van der Waals surface area contributed by atoms with Crippen LogP contribution in [-0.2, 0) is 0 Å². The van der Waals surface area contributed by atoms with E-state index in [9.17, 15) is 4.79 Å². The topological polar surface area (TPSA) is 72.9 Å². The van der Waals surface area contributed by atoms with Crippen LogP contribution < -0.4 is 11.1 Å². The number of ketones is 1. The minimum atomic E-state index is 0.0620. The van der Waals surface area contributed by atoms with Gasteiger partial charge in [0.25, 0.3) is 0 Å². The average molecular weight is 270 g/mol. The van der Waals surface area contributed by atoms with Gasteiger partial charge in [-0.25, -0.2) is 4.68 Å². The summed E-state index contributed by atoms with van der Waals surface area (Å²) in [6, 6.07) is 9.62. The van der Waals surface area contributed by atoms with Crippen molar-refractivity contribution in [2.75, 3.05) is 18.8 Å². The molecule has 1 aromatic heterocycles. The van der Waals surface area contributed by atoms with Gasteiger partial charge in [-0.3, -0.25) is 4.79 Å². The Balaban J connectivity index is 1.88. The largest absolute Gasteiger partial charge is 0.383 e. The molecule has 1 fully saturated rings. The van der Waals surface area contributed by atoms with Gasteiger partial charge in [0.2, 0.25) is 0 Å². The Hall–Kier alpha value is -2.14. The molecule has 0 aliphatic carbocycles. The number of nitrogen functional groups attached to an aromatic ring is 1. The van der Waals surface area contributed by atoms with E-state index in [1.54, 1.807) is 10.9 Å². The lowest BCUT2D eigenvalue weighted by Gasteiger charge is -2.21. The molecule has 20 heavy (non-hydrogen) atoms. The van der Waals surface area contributed by atoms with Crippen LogP contribution in [0.1, 0.15) is 23.2 Å². The third kappa shape index (κ3) is 2.32. The Morgan fingerprint density at radius 3 is 2.65 bits per heavy atom. The highest BCUT2D eigenvalue weighted by atomic mass is 16.1. The van der Waals surface area contributed by atoms with Crippen molar-refractivity contribution in [2.45, 2.75) is 12.8 Å². The van der Waals surface area contributed by atoms with Crippen LogP contribution in [0.2, 0.25) is 0 Å². The van der Waals surface area contributed by atoms with Crippen molar-refractivity contribution in [3.63, 3.8) is 0 Å². The third-order valence-corrected chi connectivity index (χ3v) is 3.78. The van der Waals surface area contributed by atoms with Gasteiger partial charge in [-0.15, -0.1) is 0 Å². The molecule has 1 aliphatic rings. The first-order valence-corrected chi connectivity index (χ1v) is 6.91. The van der Waals surface area contributed by atoms with E-state index in [1.807, 2.05) is 30.3 Å². The lowest BCUT2D eigenvalue weighted by Crippen LogP contribution is -2.32. The average Bonchev–Trinajstić information content (AvgIpc) is 2.90. The van der Waals surface area contributed by atoms with Crippen molar-refractivity contribution in [2.24, 2.45) is 5.92 Å². The zero-order valence-electron chi connectivity index (χ0n) is 11.2. The lowest BCUT2D eigenvalue weighted by molar-refractivity contribution is 0.0896. The number of Topliss-reactive ketones (excluding diaryl/α,β-unsaturated/α-hetero) is 1. The summed E-state index contributed by atoms with van der Waals surface area (Å²) in [5.74, 6) is 0.609. The molecule has 5 nitrogen and oxygen atoms in total. The summed E-state index contributed by atoms with van der Waals surface area (Å²) in [6.07, 6.45) is 3.33. The monoisotopic (exact) mass is 270 g/mol. The molecule has 2 heterocycles. The maximum absolute atomic E-state index is 12.5. The van der Waals surface area contributed by atoms with Crippen molar-refractivity contribution >= 4 is 11.6 Å². The predicted octanol–water partition coefficient (Wildman–Crippen LogP) is 1.64. The van der Waals surface area contributed by atoms with Crippen molar-refractivity contribution in [1.82, 2.24) is 15.1 Å². The number of carbonyl (C=O) groups excluding carboxylic acids is 1. The summed E-state index contributed by atoms with van der Waals surface area (Å²) in [7, 11) is 0. The van der Waals surface area contributed by atoms with Crippen LogP contribution >= 0.6 is 0 Å². The summed E-state index contributed by atoms with van der Waals surface area (Å²) < 4.78 is 1.62.